The van der Waals surface area contributed by atoms with Gasteiger partial charge in [0.2, 0.25) is 0 Å². The molecular weight excluding hydrogens is 350 g/mol. The van der Waals surface area contributed by atoms with Crippen molar-refractivity contribution in [3.05, 3.63) is 59.7 Å². The van der Waals surface area contributed by atoms with Gasteiger partial charge in [0, 0.05) is 16.3 Å². The molecule has 0 fully saturated rings. The Morgan fingerprint density at radius 1 is 0.760 bits per heavy atom. The van der Waals surface area contributed by atoms with Gasteiger partial charge in [0.05, 0.1) is 21.6 Å². The van der Waals surface area contributed by atoms with Crippen LogP contribution in [0.2, 0.25) is 0 Å². The maximum absolute atomic E-state index is 13.2. The summed E-state index contributed by atoms with van der Waals surface area (Å²) >= 11 is 0. The number of rotatable bonds is 8. The fraction of sp³-hybridized carbons (Fsp3) is 0.400. The Kier molecular flexibility index (Phi) is 7.54. The Bertz CT molecular complexity index is 665. The van der Waals surface area contributed by atoms with Gasteiger partial charge < -0.3 is 4.90 Å². The molecule has 2 aromatic carbocycles. The molecule has 25 heavy (non-hydrogen) atoms. The molecule has 2 atom stereocenters. The average molecular weight is 378 g/mol. The molecule has 0 amide bonds. The van der Waals surface area contributed by atoms with Gasteiger partial charge in [-0.2, -0.15) is 0 Å². The smallest absolute Gasteiger partial charge is 0.132 e. The van der Waals surface area contributed by atoms with Gasteiger partial charge in [-0.1, -0.05) is 49.2 Å². The molecule has 0 saturated carbocycles. The van der Waals surface area contributed by atoms with E-state index in [1.807, 2.05) is 62.4 Å². The number of aryl methyl sites for hydroxylation is 2. The highest BCUT2D eigenvalue weighted by molar-refractivity contribution is 8.03. The third-order valence-electron chi connectivity index (χ3n) is 4.29. The zero-order chi connectivity index (χ0) is 18.4. The normalized spacial score (nSPS) is 15.1. The lowest BCUT2D eigenvalue weighted by atomic mass is 10.2. The fourth-order valence-electron chi connectivity index (χ4n) is 2.56. The van der Waals surface area contributed by atoms with E-state index in [9.17, 15) is 8.42 Å². The molecule has 5 heteroatoms. The summed E-state index contributed by atoms with van der Waals surface area (Å²) in [6.45, 7) is 10.4. The first-order valence-corrected chi connectivity index (χ1v) is 11.1. The number of nitrogens with zero attached hydrogens (tertiary/aromatic N) is 1. The molecule has 0 aliphatic heterocycles. The number of benzene rings is 2. The van der Waals surface area contributed by atoms with Crippen molar-refractivity contribution in [2.45, 2.75) is 42.1 Å². The van der Waals surface area contributed by atoms with Crippen LogP contribution in [-0.4, -0.2) is 37.5 Å². The van der Waals surface area contributed by atoms with Gasteiger partial charge in [-0.05, 0) is 51.2 Å². The summed E-state index contributed by atoms with van der Waals surface area (Å²) in [5.41, 5.74) is 2.25. The summed E-state index contributed by atoms with van der Waals surface area (Å²) in [7, 11) is -2.66. The van der Waals surface area contributed by atoms with Crippen LogP contribution in [0.3, 0.4) is 0 Å². The highest BCUT2D eigenvalue weighted by Crippen LogP contribution is 2.21. The third kappa shape index (κ3) is 5.33. The standard InChI is InChI=1S/C20H27NO2S2/c1-5-21(6-2)15-20(24(22)18-11-7-16(3)8-12-18)25(23)19-13-9-17(4)10-14-19/h7-14,20H,5-6,15H2,1-4H3. The molecule has 0 radical (unpaired) electrons. The lowest BCUT2D eigenvalue weighted by molar-refractivity contribution is 0.317. The van der Waals surface area contributed by atoms with Crippen molar-refractivity contribution in [1.82, 2.24) is 4.90 Å². The lowest BCUT2D eigenvalue weighted by Gasteiger charge is -2.24. The molecule has 0 aliphatic carbocycles. The first-order chi connectivity index (χ1) is 12.0. The van der Waals surface area contributed by atoms with Crippen LogP contribution in [0.1, 0.15) is 25.0 Å². The van der Waals surface area contributed by atoms with Crippen molar-refractivity contribution in [3.8, 4) is 0 Å². The first-order valence-electron chi connectivity index (χ1n) is 8.63. The Morgan fingerprint density at radius 3 is 1.44 bits per heavy atom. The van der Waals surface area contributed by atoms with Gasteiger partial charge in [-0.3, -0.25) is 8.42 Å². The summed E-state index contributed by atoms with van der Waals surface area (Å²) in [5, 5.41) is 0. The minimum absolute atomic E-state index is 0.453. The monoisotopic (exact) mass is 377 g/mol. The van der Waals surface area contributed by atoms with Crippen molar-refractivity contribution in [2.24, 2.45) is 0 Å². The van der Waals surface area contributed by atoms with Crippen molar-refractivity contribution >= 4 is 21.6 Å². The summed E-state index contributed by atoms with van der Waals surface area (Å²) in [5.74, 6) is 0. The molecule has 0 N–H and O–H groups in total. The van der Waals surface area contributed by atoms with Crippen LogP contribution >= 0.6 is 0 Å². The summed E-state index contributed by atoms with van der Waals surface area (Å²) in [6, 6.07) is 15.3. The van der Waals surface area contributed by atoms with Crippen molar-refractivity contribution in [1.29, 1.82) is 0 Å². The van der Waals surface area contributed by atoms with Crippen LogP contribution in [0.25, 0.3) is 0 Å². The third-order valence-corrected chi connectivity index (χ3v) is 8.06. The average Bonchev–Trinajstić information content (AvgIpc) is 2.63. The number of hydrogen-bond acceptors (Lipinski definition) is 3. The maximum Gasteiger partial charge on any atom is 0.132 e. The Balaban J connectivity index is 2.34. The van der Waals surface area contributed by atoms with E-state index in [4.69, 9.17) is 0 Å². The number of hydrogen-bond donors (Lipinski definition) is 0. The van der Waals surface area contributed by atoms with Crippen molar-refractivity contribution < 1.29 is 8.42 Å². The second-order valence-electron chi connectivity index (χ2n) is 6.14. The van der Waals surface area contributed by atoms with Crippen molar-refractivity contribution in [2.75, 3.05) is 19.6 Å². The Labute approximate surface area is 156 Å². The molecule has 0 bridgehead atoms. The first kappa shape index (κ1) is 20.0. The summed E-state index contributed by atoms with van der Waals surface area (Å²) in [4.78, 5) is 3.66. The van der Waals surface area contributed by atoms with E-state index in [1.165, 1.54) is 0 Å². The highest BCUT2D eigenvalue weighted by Gasteiger charge is 2.28. The predicted octanol–water partition coefficient (Wildman–Crippen LogP) is 3.89. The largest absolute Gasteiger partial charge is 0.302 e. The summed E-state index contributed by atoms with van der Waals surface area (Å²) in [6.07, 6.45) is 0. The van der Waals surface area contributed by atoms with E-state index >= 15 is 0 Å². The SMILES string of the molecule is CCN(CC)CC(S(=O)c1ccc(C)cc1)S(=O)c1ccc(C)cc1. The van der Waals surface area contributed by atoms with Gasteiger partial charge in [0.15, 0.2) is 0 Å². The molecule has 3 nitrogen and oxygen atoms in total. The maximum atomic E-state index is 13.2. The molecule has 2 unspecified atom stereocenters. The zero-order valence-corrected chi connectivity index (χ0v) is 17.0. The lowest BCUT2D eigenvalue weighted by Crippen LogP contribution is -2.37. The second-order valence-corrected chi connectivity index (χ2v) is 9.71. The van der Waals surface area contributed by atoms with Crippen LogP contribution in [-0.2, 0) is 21.6 Å². The second kappa shape index (κ2) is 9.41. The topological polar surface area (TPSA) is 37.4 Å². The Hall–Kier alpha value is -1.30. The molecule has 2 aromatic rings. The molecule has 0 aliphatic rings. The van der Waals surface area contributed by atoms with E-state index < -0.39 is 26.2 Å². The van der Waals surface area contributed by atoms with Gasteiger partial charge in [-0.15, -0.1) is 0 Å². The molecule has 2 rings (SSSR count). The molecular formula is C20H27NO2S2. The van der Waals surface area contributed by atoms with Gasteiger partial charge >= 0.3 is 0 Å². The summed E-state index contributed by atoms with van der Waals surface area (Å²) < 4.78 is 25.9. The van der Waals surface area contributed by atoms with Crippen molar-refractivity contribution in [3.63, 3.8) is 0 Å². The minimum Gasteiger partial charge on any atom is -0.302 e. The van der Waals surface area contributed by atoms with Gasteiger partial charge in [0.1, 0.15) is 4.58 Å². The van der Waals surface area contributed by atoms with E-state index in [-0.39, 0.29) is 0 Å². The van der Waals surface area contributed by atoms with Gasteiger partial charge in [0.25, 0.3) is 0 Å². The highest BCUT2D eigenvalue weighted by atomic mass is 32.2. The van der Waals surface area contributed by atoms with E-state index in [2.05, 4.69) is 18.7 Å². The minimum atomic E-state index is -1.33. The van der Waals surface area contributed by atoms with E-state index in [0.29, 0.717) is 6.54 Å². The fourth-order valence-corrected chi connectivity index (χ4v) is 5.97. The predicted molar refractivity (Wildman–Crippen MR) is 107 cm³/mol. The van der Waals surface area contributed by atoms with Crippen LogP contribution < -0.4 is 0 Å². The van der Waals surface area contributed by atoms with Crippen LogP contribution in [0.5, 0.6) is 0 Å². The molecule has 0 heterocycles. The van der Waals surface area contributed by atoms with Crippen LogP contribution in [0.15, 0.2) is 58.3 Å². The van der Waals surface area contributed by atoms with E-state index in [1.54, 1.807) is 0 Å². The van der Waals surface area contributed by atoms with Gasteiger partial charge in [-0.25, -0.2) is 0 Å². The van der Waals surface area contributed by atoms with E-state index in [0.717, 1.165) is 34.0 Å². The molecule has 0 saturated heterocycles. The zero-order valence-electron chi connectivity index (χ0n) is 15.4. The molecule has 136 valence electrons. The van der Waals surface area contributed by atoms with Crippen LogP contribution in [0, 0.1) is 13.8 Å². The Morgan fingerprint density at radius 2 is 1.12 bits per heavy atom. The van der Waals surface area contributed by atoms with Crippen LogP contribution in [0.4, 0.5) is 0 Å². The molecule has 0 spiro atoms. The molecule has 0 aromatic heterocycles. The quantitative estimate of drug-likeness (QED) is 0.700.